The lowest BCUT2D eigenvalue weighted by Gasteiger charge is -2.30. The van der Waals surface area contributed by atoms with Crippen LogP contribution < -0.4 is 4.90 Å². The number of aliphatic hydroxyl groups is 1. The molecule has 0 aliphatic carbocycles. The van der Waals surface area contributed by atoms with E-state index in [0.29, 0.717) is 5.92 Å². The van der Waals surface area contributed by atoms with Crippen LogP contribution in [0.5, 0.6) is 0 Å². The van der Waals surface area contributed by atoms with E-state index in [0.717, 1.165) is 50.3 Å². The molecule has 1 saturated heterocycles. The molecule has 0 spiro atoms. The van der Waals surface area contributed by atoms with Gasteiger partial charge in [0, 0.05) is 38.1 Å². The highest BCUT2D eigenvalue weighted by atomic mass is 16.5. The highest BCUT2D eigenvalue weighted by Gasteiger charge is 2.18. The molecule has 19 heavy (non-hydrogen) atoms. The molecule has 1 N–H and O–H groups in total. The van der Waals surface area contributed by atoms with Crippen LogP contribution in [0.3, 0.4) is 0 Å². The fraction of sp³-hybridized carbons (Fsp3) is 0.625. The molecule has 0 amide bonds. The molecule has 1 aromatic rings. The number of aliphatic hydroxyl groups excluding tert-OH is 1. The van der Waals surface area contributed by atoms with Crippen molar-refractivity contribution in [3.8, 4) is 0 Å². The van der Waals surface area contributed by atoms with E-state index in [9.17, 15) is 5.11 Å². The van der Waals surface area contributed by atoms with Crippen molar-refractivity contribution < 1.29 is 9.84 Å². The van der Waals surface area contributed by atoms with Crippen molar-refractivity contribution in [3.05, 3.63) is 29.8 Å². The van der Waals surface area contributed by atoms with Gasteiger partial charge in [-0.2, -0.15) is 0 Å². The van der Waals surface area contributed by atoms with Crippen molar-refractivity contribution in [2.24, 2.45) is 5.92 Å². The Labute approximate surface area is 116 Å². The normalized spacial score (nSPS) is 18.3. The van der Waals surface area contributed by atoms with Gasteiger partial charge in [-0.1, -0.05) is 25.1 Å². The van der Waals surface area contributed by atoms with Gasteiger partial charge < -0.3 is 14.7 Å². The van der Waals surface area contributed by atoms with E-state index in [-0.39, 0.29) is 6.10 Å². The molecular formula is C16H25NO2. The minimum atomic E-state index is -0.367. The van der Waals surface area contributed by atoms with Crippen molar-refractivity contribution in [3.63, 3.8) is 0 Å². The zero-order valence-electron chi connectivity index (χ0n) is 12.0. The molecule has 1 heterocycles. The molecule has 0 unspecified atom stereocenters. The second-order valence-electron chi connectivity index (χ2n) is 5.42. The second-order valence-corrected chi connectivity index (χ2v) is 5.42. The minimum absolute atomic E-state index is 0.367. The number of benzene rings is 1. The number of hydrogen-bond acceptors (Lipinski definition) is 3. The first kappa shape index (κ1) is 14.4. The number of ether oxygens (including phenoxy) is 1. The Morgan fingerprint density at radius 3 is 2.68 bits per heavy atom. The maximum atomic E-state index is 10.1. The van der Waals surface area contributed by atoms with E-state index in [4.69, 9.17) is 4.74 Å². The molecule has 1 atom stereocenters. The Morgan fingerprint density at radius 2 is 2.00 bits per heavy atom. The Balaban J connectivity index is 2.07. The van der Waals surface area contributed by atoms with Crippen LogP contribution in [0.15, 0.2) is 24.3 Å². The van der Waals surface area contributed by atoms with Crippen LogP contribution in [0.1, 0.15) is 37.9 Å². The van der Waals surface area contributed by atoms with Gasteiger partial charge in [0.25, 0.3) is 0 Å². The van der Waals surface area contributed by atoms with E-state index in [1.54, 1.807) is 0 Å². The number of rotatable bonds is 5. The molecule has 0 saturated carbocycles. The average Bonchev–Trinajstić information content (AvgIpc) is 2.47. The number of para-hydroxylation sites is 1. The zero-order chi connectivity index (χ0) is 13.7. The molecule has 2 rings (SSSR count). The highest BCUT2D eigenvalue weighted by molar-refractivity contribution is 5.54. The summed E-state index contributed by atoms with van der Waals surface area (Å²) >= 11 is 0. The van der Waals surface area contributed by atoms with Crippen molar-refractivity contribution in [2.45, 2.75) is 32.3 Å². The number of nitrogens with zero attached hydrogens (tertiary/aromatic N) is 1. The molecule has 0 bridgehead atoms. The molecule has 0 radical (unpaired) electrons. The molecule has 1 aliphatic heterocycles. The largest absolute Gasteiger partial charge is 0.388 e. The van der Waals surface area contributed by atoms with Crippen LogP contribution in [-0.4, -0.2) is 31.9 Å². The SMILES string of the molecule is CC[C@H](O)c1ccccc1N(C)CC1CCOCC1. The van der Waals surface area contributed by atoms with Crippen molar-refractivity contribution in [1.29, 1.82) is 0 Å². The number of hydrogen-bond donors (Lipinski definition) is 1. The Morgan fingerprint density at radius 1 is 1.32 bits per heavy atom. The third-order valence-electron chi connectivity index (χ3n) is 3.97. The number of anilines is 1. The first-order valence-corrected chi connectivity index (χ1v) is 7.28. The van der Waals surface area contributed by atoms with Crippen LogP contribution >= 0.6 is 0 Å². The Kier molecular flexibility index (Phi) is 5.23. The topological polar surface area (TPSA) is 32.7 Å². The molecule has 1 aromatic carbocycles. The molecule has 1 fully saturated rings. The average molecular weight is 263 g/mol. The van der Waals surface area contributed by atoms with Crippen molar-refractivity contribution in [1.82, 2.24) is 0 Å². The van der Waals surface area contributed by atoms with Gasteiger partial charge in [-0.05, 0) is 31.2 Å². The minimum Gasteiger partial charge on any atom is -0.388 e. The Hall–Kier alpha value is -1.06. The van der Waals surface area contributed by atoms with Gasteiger partial charge in [0.05, 0.1) is 6.10 Å². The van der Waals surface area contributed by atoms with E-state index in [2.05, 4.69) is 18.0 Å². The highest BCUT2D eigenvalue weighted by Crippen LogP contribution is 2.28. The van der Waals surface area contributed by atoms with Crippen LogP contribution in [0.2, 0.25) is 0 Å². The fourth-order valence-electron chi connectivity index (χ4n) is 2.75. The maximum absolute atomic E-state index is 10.1. The molecule has 106 valence electrons. The summed E-state index contributed by atoms with van der Waals surface area (Å²) in [5, 5.41) is 10.1. The predicted octanol–water partition coefficient (Wildman–Crippen LogP) is 2.99. The molecular weight excluding hydrogens is 238 g/mol. The van der Waals surface area contributed by atoms with Gasteiger partial charge in [0.1, 0.15) is 0 Å². The van der Waals surface area contributed by atoms with Crippen LogP contribution in [0.25, 0.3) is 0 Å². The summed E-state index contributed by atoms with van der Waals surface area (Å²) in [5.74, 6) is 0.700. The summed E-state index contributed by atoms with van der Waals surface area (Å²) < 4.78 is 5.41. The summed E-state index contributed by atoms with van der Waals surface area (Å²) in [6.45, 7) is 4.83. The monoisotopic (exact) mass is 263 g/mol. The van der Waals surface area contributed by atoms with Crippen LogP contribution in [-0.2, 0) is 4.74 Å². The summed E-state index contributed by atoms with van der Waals surface area (Å²) in [5.41, 5.74) is 2.20. The van der Waals surface area contributed by atoms with Gasteiger partial charge in [-0.3, -0.25) is 0 Å². The summed E-state index contributed by atoms with van der Waals surface area (Å²) in [7, 11) is 2.12. The summed E-state index contributed by atoms with van der Waals surface area (Å²) in [6.07, 6.45) is 2.67. The first-order chi connectivity index (χ1) is 9.22. The zero-order valence-corrected chi connectivity index (χ0v) is 12.0. The summed E-state index contributed by atoms with van der Waals surface area (Å²) in [4.78, 5) is 2.28. The van der Waals surface area contributed by atoms with Crippen LogP contribution in [0, 0.1) is 5.92 Å². The quantitative estimate of drug-likeness (QED) is 0.886. The maximum Gasteiger partial charge on any atom is 0.0807 e. The second kappa shape index (κ2) is 6.92. The van der Waals surface area contributed by atoms with Gasteiger partial charge in [0.15, 0.2) is 0 Å². The predicted molar refractivity (Wildman–Crippen MR) is 78.5 cm³/mol. The fourth-order valence-corrected chi connectivity index (χ4v) is 2.75. The van der Waals surface area contributed by atoms with E-state index in [1.165, 1.54) is 0 Å². The molecule has 3 nitrogen and oxygen atoms in total. The Bertz CT molecular complexity index is 388. The lowest BCUT2D eigenvalue weighted by molar-refractivity contribution is 0.0685. The lowest BCUT2D eigenvalue weighted by Crippen LogP contribution is -2.30. The first-order valence-electron chi connectivity index (χ1n) is 7.28. The third-order valence-corrected chi connectivity index (χ3v) is 3.97. The van der Waals surface area contributed by atoms with Crippen molar-refractivity contribution in [2.75, 3.05) is 31.7 Å². The smallest absolute Gasteiger partial charge is 0.0807 e. The third kappa shape index (κ3) is 3.71. The molecule has 3 heteroatoms. The van der Waals surface area contributed by atoms with E-state index < -0.39 is 0 Å². The van der Waals surface area contributed by atoms with Crippen LogP contribution in [0.4, 0.5) is 5.69 Å². The molecule has 1 aliphatic rings. The van der Waals surface area contributed by atoms with Gasteiger partial charge in [-0.15, -0.1) is 0 Å². The van der Waals surface area contributed by atoms with Crippen molar-refractivity contribution >= 4 is 5.69 Å². The molecule has 0 aromatic heterocycles. The standard InChI is InChI=1S/C16H25NO2/c1-3-16(18)14-6-4-5-7-15(14)17(2)12-13-8-10-19-11-9-13/h4-7,13,16,18H,3,8-12H2,1-2H3/t16-/m0/s1. The lowest BCUT2D eigenvalue weighted by atomic mass is 9.98. The van der Waals surface area contributed by atoms with Gasteiger partial charge in [0.2, 0.25) is 0 Å². The van der Waals surface area contributed by atoms with Gasteiger partial charge in [-0.25, -0.2) is 0 Å². The van der Waals surface area contributed by atoms with E-state index >= 15 is 0 Å². The summed E-state index contributed by atoms with van der Waals surface area (Å²) in [6, 6.07) is 8.18. The van der Waals surface area contributed by atoms with E-state index in [1.807, 2.05) is 25.1 Å². The van der Waals surface area contributed by atoms with Gasteiger partial charge >= 0.3 is 0 Å².